The lowest BCUT2D eigenvalue weighted by atomic mass is 9.76. The van der Waals surface area contributed by atoms with Crippen LogP contribution in [0.25, 0.3) is 0 Å². The quantitative estimate of drug-likeness (QED) is 0.818. The van der Waals surface area contributed by atoms with Gasteiger partial charge in [0.05, 0.1) is 0 Å². The minimum Gasteiger partial charge on any atom is -0.324 e. The summed E-state index contributed by atoms with van der Waals surface area (Å²) in [6, 6.07) is 0.807. The average molecular weight is 238 g/mol. The van der Waals surface area contributed by atoms with E-state index in [2.05, 4.69) is 18.7 Å². The molecule has 2 rings (SSSR count). The molecule has 0 bridgehead atoms. The molecule has 1 aliphatic carbocycles. The topological polar surface area (TPSA) is 29.3 Å². The maximum Gasteiger partial charge on any atom is 0.0286 e. The number of hydrogen-bond donors (Lipinski definition) is 1. The van der Waals surface area contributed by atoms with Crippen LogP contribution < -0.4 is 5.73 Å². The van der Waals surface area contributed by atoms with Gasteiger partial charge in [-0.1, -0.05) is 33.1 Å². The molecule has 1 aliphatic heterocycles. The van der Waals surface area contributed by atoms with Gasteiger partial charge < -0.3 is 5.73 Å². The maximum absolute atomic E-state index is 6.66. The standard InChI is InChI=1S/C15H30N2/c1-3-14-8-4-5-10-17(14)12-15(16)9-6-7-13(2)11-15/h13-14H,3-12,16H2,1-2H3. The van der Waals surface area contributed by atoms with Crippen molar-refractivity contribution in [2.24, 2.45) is 11.7 Å². The fourth-order valence-electron chi connectivity index (χ4n) is 3.98. The molecular weight excluding hydrogens is 208 g/mol. The number of nitrogens with two attached hydrogens (primary N) is 1. The van der Waals surface area contributed by atoms with Crippen molar-refractivity contribution < 1.29 is 0 Å². The highest BCUT2D eigenvalue weighted by Crippen LogP contribution is 2.32. The molecule has 0 amide bonds. The Morgan fingerprint density at radius 1 is 1.24 bits per heavy atom. The first kappa shape index (κ1) is 13.4. The molecule has 2 fully saturated rings. The number of hydrogen-bond acceptors (Lipinski definition) is 2. The normalized spacial score (nSPS) is 40.4. The van der Waals surface area contributed by atoms with Crippen molar-refractivity contribution in [3.8, 4) is 0 Å². The van der Waals surface area contributed by atoms with Gasteiger partial charge in [-0.2, -0.15) is 0 Å². The SMILES string of the molecule is CCC1CCCCN1CC1(N)CCCC(C)C1. The van der Waals surface area contributed by atoms with E-state index in [1.807, 2.05) is 0 Å². The van der Waals surface area contributed by atoms with Gasteiger partial charge in [0.1, 0.15) is 0 Å². The molecule has 1 saturated heterocycles. The summed E-state index contributed by atoms with van der Waals surface area (Å²) >= 11 is 0. The summed E-state index contributed by atoms with van der Waals surface area (Å²) < 4.78 is 0. The fraction of sp³-hybridized carbons (Fsp3) is 1.00. The molecule has 1 saturated carbocycles. The van der Waals surface area contributed by atoms with Crippen molar-refractivity contribution in [2.45, 2.75) is 76.8 Å². The summed E-state index contributed by atoms with van der Waals surface area (Å²) in [6.45, 7) is 7.13. The number of likely N-dealkylation sites (tertiary alicyclic amines) is 1. The Morgan fingerprint density at radius 3 is 2.76 bits per heavy atom. The van der Waals surface area contributed by atoms with Crippen molar-refractivity contribution in [1.82, 2.24) is 4.90 Å². The Labute approximate surface area is 107 Å². The van der Waals surface area contributed by atoms with E-state index in [0.29, 0.717) is 0 Å². The first-order valence-electron chi connectivity index (χ1n) is 7.66. The molecule has 3 unspecified atom stereocenters. The van der Waals surface area contributed by atoms with Crippen molar-refractivity contribution in [1.29, 1.82) is 0 Å². The molecule has 100 valence electrons. The van der Waals surface area contributed by atoms with E-state index in [0.717, 1.165) is 18.5 Å². The fourth-order valence-corrected chi connectivity index (χ4v) is 3.98. The summed E-state index contributed by atoms with van der Waals surface area (Å²) in [6.07, 6.45) is 10.7. The first-order valence-corrected chi connectivity index (χ1v) is 7.66. The van der Waals surface area contributed by atoms with Crippen LogP contribution >= 0.6 is 0 Å². The minimum atomic E-state index is 0.114. The molecule has 2 nitrogen and oxygen atoms in total. The molecule has 2 N–H and O–H groups in total. The first-order chi connectivity index (χ1) is 8.13. The summed E-state index contributed by atoms with van der Waals surface area (Å²) in [7, 11) is 0. The van der Waals surface area contributed by atoms with E-state index >= 15 is 0 Å². The van der Waals surface area contributed by atoms with E-state index in [4.69, 9.17) is 5.73 Å². The van der Waals surface area contributed by atoms with Crippen LogP contribution in [-0.2, 0) is 0 Å². The van der Waals surface area contributed by atoms with Crippen LogP contribution in [0.3, 0.4) is 0 Å². The molecule has 2 heteroatoms. The van der Waals surface area contributed by atoms with Crippen molar-refractivity contribution in [3.63, 3.8) is 0 Å². The summed E-state index contributed by atoms with van der Waals surface area (Å²) in [4.78, 5) is 2.70. The molecule has 1 heterocycles. The summed E-state index contributed by atoms with van der Waals surface area (Å²) in [5.41, 5.74) is 6.77. The number of nitrogens with zero attached hydrogens (tertiary/aromatic N) is 1. The lowest BCUT2D eigenvalue weighted by Gasteiger charge is -2.44. The largest absolute Gasteiger partial charge is 0.324 e. The molecule has 17 heavy (non-hydrogen) atoms. The number of piperidine rings is 1. The molecule has 2 aliphatic rings. The highest BCUT2D eigenvalue weighted by Gasteiger charge is 2.34. The summed E-state index contributed by atoms with van der Waals surface area (Å²) in [5.74, 6) is 0.832. The zero-order valence-corrected chi connectivity index (χ0v) is 11.8. The van der Waals surface area contributed by atoms with Gasteiger partial charge in [0.2, 0.25) is 0 Å². The Hall–Kier alpha value is -0.0800. The van der Waals surface area contributed by atoms with E-state index in [1.54, 1.807) is 0 Å². The summed E-state index contributed by atoms with van der Waals surface area (Å²) in [5, 5.41) is 0. The van der Waals surface area contributed by atoms with Gasteiger partial charge in [0.25, 0.3) is 0 Å². The Bertz CT molecular complexity index is 241. The van der Waals surface area contributed by atoms with E-state index < -0.39 is 0 Å². The Balaban J connectivity index is 1.93. The molecule has 0 aromatic carbocycles. The Kier molecular flexibility index (Phi) is 4.48. The highest BCUT2D eigenvalue weighted by atomic mass is 15.2. The van der Waals surface area contributed by atoms with Crippen molar-refractivity contribution in [2.75, 3.05) is 13.1 Å². The van der Waals surface area contributed by atoms with Crippen molar-refractivity contribution in [3.05, 3.63) is 0 Å². The molecule has 3 atom stereocenters. The minimum absolute atomic E-state index is 0.114. The zero-order chi connectivity index (χ0) is 12.3. The van der Waals surface area contributed by atoms with Gasteiger partial charge in [-0.15, -0.1) is 0 Å². The predicted molar refractivity (Wildman–Crippen MR) is 74.1 cm³/mol. The van der Waals surface area contributed by atoms with Gasteiger partial charge >= 0.3 is 0 Å². The predicted octanol–water partition coefficient (Wildman–Crippen LogP) is 3.16. The van der Waals surface area contributed by atoms with Gasteiger partial charge in [0, 0.05) is 18.1 Å². The average Bonchev–Trinajstić information content (AvgIpc) is 2.29. The van der Waals surface area contributed by atoms with Crippen LogP contribution in [0, 0.1) is 5.92 Å². The lowest BCUT2D eigenvalue weighted by molar-refractivity contribution is 0.0867. The number of rotatable bonds is 3. The molecule has 0 aromatic heterocycles. The second-order valence-electron chi connectivity index (χ2n) is 6.59. The van der Waals surface area contributed by atoms with Gasteiger partial charge in [0.15, 0.2) is 0 Å². The van der Waals surface area contributed by atoms with Gasteiger partial charge in [-0.3, -0.25) is 4.90 Å². The monoisotopic (exact) mass is 238 g/mol. The van der Waals surface area contributed by atoms with Crippen LogP contribution in [-0.4, -0.2) is 29.6 Å². The smallest absolute Gasteiger partial charge is 0.0286 e. The van der Waals surface area contributed by atoms with E-state index in [-0.39, 0.29) is 5.54 Å². The third kappa shape index (κ3) is 3.45. The molecule has 0 spiro atoms. The van der Waals surface area contributed by atoms with Crippen molar-refractivity contribution >= 4 is 0 Å². The third-order valence-electron chi connectivity index (χ3n) is 4.86. The van der Waals surface area contributed by atoms with Crippen LogP contribution in [0.1, 0.15) is 65.2 Å². The molecule has 0 aromatic rings. The van der Waals surface area contributed by atoms with Crippen LogP contribution in [0.4, 0.5) is 0 Å². The molecular formula is C15H30N2. The second kappa shape index (κ2) is 5.71. The third-order valence-corrected chi connectivity index (χ3v) is 4.86. The lowest BCUT2D eigenvalue weighted by Crippen LogP contribution is -2.55. The van der Waals surface area contributed by atoms with Gasteiger partial charge in [-0.25, -0.2) is 0 Å². The second-order valence-corrected chi connectivity index (χ2v) is 6.59. The van der Waals surface area contributed by atoms with Crippen LogP contribution in [0.5, 0.6) is 0 Å². The zero-order valence-electron chi connectivity index (χ0n) is 11.8. The van der Waals surface area contributed by atoms with Crippen LogP contribution in [0.2, 0.25) is 0 Å². The highest BCUT2D eigenvalue weighted by molar-refractivity contribution is 4.94. The molecule has 0 radical (unpaired) electrons. The van der Waals surface area contributed by atoms with Gasteiger partial charge in [-0.05, 0) is 44.6 Å². The Morgan fingerprint density at radius 2 is 2.06 bits per heavy atom. The maximum atomic E-state index is 6.66. The van der Waals surface area contributed by atoms with E-state index in [9.17, 15) is 0 Å². The van der Waals surface area contributed by atoms with Crippen LogP contribution in [0.15, 0.2) is 0 Å². The van der Waals surface area contributed by atoms with E-state index in [1.165, 1.54) is 57.9 Å².